The van der Waals surface area contributed by atoms with E-state index in [4.69, 9.17) is 5.21 Å². The fraction of sp³-hybridized carbons (Fsp3) is 0.370. The standard InChI is InChI=1S/C27H33N5O5/c1-18(33)25(27(36)30-37)29-26(35)21-10-6-19(7-11-21)4-5-20-8-12-22(13-9-20)28-24(34)17-32-15-14-23(16-32)31(2)3/h6-13,18,23,25,33,37H,14-17H2,1-3H3,(H,28,34)(H,29,35)(H,30,36)/t18-,23?,25+/m1/s1. The molecule has 37 heavy (non-hydrogen) atoms. The smallest absolute Gasteiger partial charge is 0.268 e. The number of likely N-dealkylation sites (N-methyl/N-ethyl adjacent to an activating group) is 1. The van der Waals surface area contributed by atoms with Gasteiger partial charge in [0.25, 0.3) is 11.8 Å². The molecule has 0 spiro atoms. The molecule has 2 aromatic carbocycles. The molecule has 3 rings (SSSR count). The van der Waals surface area contributed by atoms with Gasteiger partial charge in [0.15, 0.2) is 0 Å². The van der Waals surface area contributed by atoms with Gasteiger partial charge in [0.1, 0.15) is 6.04 Å². The molecular weight excluding hydrogens is 474 g/mol. The molecule has 1 heterocycles. The van der Waals surface area contributed by atoms with E-state index in [0.29, 0.717) is 23.8 Å². The van der Waals surface area contributed by atoms with E-state index >= 15 is 0 Å². The van der Waals surface area contributed by atoms with Crippen molar-refractivity contribution in [3.63, 3.8) is 0 Å². The topological polar surface area (TPSA) is 134 Å². The Labute approximate surface area is 216 Å². The van der Waals surface area contributed by atoms with Crippen LogP contribution in [-0.2, 0) is 9.59 Å². The SMILES string of the molecule is C[C@@H](O)[C@H](NC(=O)c1ccc(C#Cc2ccc(NC(=O)CN3CCC(N(C)C)C3)cc2)cc1)C(=O)NO. The van der Waals surface area contributed by atoms with Crippen LogP contribution in [0, 0.1) is 11.8 Å². The van der Waals surface area contributed by atoms with Gasteiger partial charge < -0.3 is 20.6 Å². The van der Waals surface area contributed by atoms with Gasteiger partial charge in [0.2, 0.25) is 5.91 Å². The van der Waals surface area contributed by atoms with E-state index in [1.54, 1.807) is 24.3 Å². The highest BCUT2D eigenvalue weighted by Crippen LogP contribution is 2.14. The molecule has 10 heteroatoms. The van der Waals surface area contributed by atoms with Gasteiger partial charge >= 0.3 is 0 Å². The molecule has 10 nitrogen and oxygen atoms in total. The summed E-state index contributed by atoms with van der Waals surface area (Å²) in [7, 11) is 4.12. The van der Waals surface area contributed by atoms with Crippen LogP contribution in [0.25, 0.3) is 0 Å². The molecule has 0 radical (unpaired) electrons. The van der Waals surface area contributed by atoms with Crippen LogP contribution in [-0.4, -0.2) is 89.8 Å². The van der Waals surface area contributed by atoms with E-state index in [1.807, 2.05) is 24.3 Å². The van der Waals surface area contributed by atoms with Gasteiger partial charge in [0.05, 0.1) is 12.6 Å². The van der Waals surface area contributed by atoms with E-state index in [0.717, 1.165) is 25.1 Å². The molecule has 0 saturated carbocycles. The van der Waals surface area contributed by atoms with Crippen molar-refractivity contribution < 1.29 is 24.7 Å². The number of carbonyl (C=O) groups is 3. The summed E-state index contributed by atoms with van der Waals surface area (Å²) in [4.78, 5) is 40.7. The maximum Gasteiger partial charge on any atom is 0.268 e. The lowest BCUT2D eigenvalue weighted by molar-refractivity contribution is -0.133. The molecule has 3 atom stereocenters. The average molecular weight is 508 g/mol. The van der Waals surface area contributed by atoms with Crippen LogP contribution in [0.3, 0.4) is 0 Å². The number of aliphatic hydroxyl groups is 1. The number of hydroxylamine groups is 1. The summed E-state index contributed by atoms with van der Waals surface area (Å²) in [5.74, 6) is 4.53. The van der Waals surface area contributed by atoms with Crippen molar-refractivity contribution in [3.05, 3.63) is 65.2 Å². The minimum Gasteiger partial charge on any atom is -0.391 e. The van der Waals surface area contributed by atoms with E-state index in [2.05, 4.69) is 46.4 Å². The Morgan fingerprint density at radius 2 is 1.65 bits per heavy atom. The van der Waals surface area contributed by atoms with Crippen LogP contribution in [0.1, 0.15) is 34.8 Å². The van der Waals surface area contributed by atoms with E-state index in [1.165, 1.54) is 12.4 Å². The van der Waals surface area contributed by atoms with Gasteiger partial charge in [-0.3, -0.25) is 24.5 Å². The lowest BCUT2D eigenvalue weighted by atomic mass is 10.1. The third-order valence-corrected chi connectivity index (χ3v) is 6.17. The minimum atomic E-state index is -1.29. The van der Waals surface area contributed by atoms with E-state index in [9.17, 15) is 19.5 Å². The summed E-state index contributed by atoms with van der Waals surface area (Å²) in [6.07, 6.45) is -0.127. The fourth-order valence-electron chi connectivity index (χ4n) is 3.97. The van der Waals surface area contributed by atoms with Gasteiger partial charge in [-0.25, -0.2) is 5.48 Å². The van der Waals surface area contributed by atoms with Crippen LogP contribution in [0.2, 0.25) is 0 Å². The second-order valence-electron chi connectivity index (χ2n) is 9.26. The predicted molar refractivity (Wildman–Crippen MR) is 139 cm³/mol. The molecule has 0 bridgehead atoms. The molecule has 5 N–H and O–H groups in total. The summed E-state index contributed by atoms with van der Waals surface area (Å²) in [5.41, 5.74) is 3.84. The van der Waals surface area contributed by atoms with Crippen molar-refractivity contribution in [3.8, 4) is 11.8 Å². The number of aliphatic hydroxyl groups excluding tert-OH is 1. The Kier molecular flexibility index (Phi) is 9.77. The zero-order chi connectivity index (χ0) is 26.9. The third kappa shape index (κ3) is 8.13. The second kappa shape index (κ2) is 13.0. The number of nitrogens with zero attached hydrogens (tertiary/aromatic N) is 2. The molecule has 1 saturated heterocycles. The number of carbonyl (C=O) groups excluding carboxylic acids is 3. The van der Waals surface area contributed by atoms with Crippen molar-refractivity contribution in [2.45, 2.75) is 31.5 Å². The molecule has 1 unspecified atom stereocenters. The number of nitrogens with one attached hydrogen (secondary N) is 3. The lowest BCUT2D eigenvalue weighted by Gasteiger charge is -2.20. The maximum absolute atomic E-state index is 12.4. The van der Waals surface area contributed by atoms with Gasteiger partial charge in [0, 0.05) is 41.5 Å². The first-order chi connectivity index (χ1) is 17.7. The highest BCUT2D eigenvalue weighted by Gasteiger charge is 2.26. The number of amides is 3. The van der Waals surface area contributed by atoms with Crippen LogP contribution in [0.4, 0.5) is 5.69 Å². The Bertz CT molecular complexity index is 1150. The molecule has 1 fully saturated rings. The molecule has 3 amide bonds. The monoisotopic (exact) mass is 507 g/mol. The van der Waals surface area contributed by atoms with Crippen LogP contribution in [0.15, 0.2) is 48.5 Å². The molecule has 1 aliphatic heterocycles. The number of hydrogen-bond donors (Lipinski definition) is 5. The highest BCUT2D eigenvalue weighted by molar-refractivity contribution is 5.97. The van der Waals surface area contributed by atoms with E-state index in [-0.39, 0.29) is 11.5 Å². The summed E-state index contributed by atoms with van der Waals surface area (Å²) in [5, 5.41) is 23.7. The maximum atomic E-state index is 12.4. The Morgan fingerprint density at radius 3 is 2.16 bits per heavy atom. The zero-order valence-electron chi connectivity index (χ0n) is 21.2. The largest absolute Gasteiger partial charge is 0.391 e. The van der Waals surface area contributed by atoms with Crippen LogP contribution >= 0.6 is 0 Å². The molecule has 196 valence electrons. The molecular formula is C27H33N5O5. The number of likely N-dealkylation sites (tertiary alicyclic amines) is 1. The lowest BCUT2D eigenvalue weighted by Crippen LogP contribution is -2.51. The Hall–Kier alpha value is -3.75. The van der Waals surface area contributed by atoms with Crippen molar-refractivity contribution in [1.82, 2.24) is 20.6 Å². The molecule has 2 aromatic rings. The van der Waals surface area contributed by atoms with Gasteiger partial charge in [-0.15, -0.1) is 0 Å². The average Bonchev–Trinajstić information content (AvgIpc) is 3.35. The number of benzene rings is 2. The molecule has 1 aliphatic rings. The van der Waals surface area contributed by atoms with Gasteiger partial charge in [-0.05, 0) is 76.0 Å². The van der Waals surface area contributed by atoms with Crippen molar-refractivity contribution in [2.24, 2.45) is 0 Å². The van der Waals surface area contributed by atoms with E-state index < -0.39 is 24.0 Å². The molecule has 0 aromatic heterocycles. The number of anilines is 1. The fourth-order valence-corrected chi connectivity index (χ4v) is 3.97. The first-order valence-electron chi connectivity index (χ1n) is 12.0. The summed E-state index contributed by atoms with van der Waals surface area (Å²) < 4.78 is 0. The second-order valence-corrected chi connectivity index (χ2v) is 9.26. The van der Waals surface area contributed by atoms with Crippen molar-refractivity contribution in [2.75, 3.05) is 39.0 Å². The summed E-state index contributed by atoms with van der Waals surface area (Å²) in [6.45, 7) is 3.51. The van der Waals surface area contributed by atoms with Crippen LogP contribution < -0.4 is 16.1 Å². The Balaban J connectivity index is 1.53. The third-order valence-electron chi connectivity index (χ3n) is 6.17. The minimum absolute atomic E-state index is 0.0425. The number of hydrogen-bond acceptors (Lipinski definition) is 7. The highest BCUT2D eigenvalue weighted by atomic mass is 16.5. The predicted octanol–water partition coefficient (Wildman–Crippen LogP) is 0.645. The quantitative estimate of drug-likeness (QED) is 0.201. The first kappa shape index (κ1) is 27.8. The zero-order valence-corrected chi connectivity index (χ0v) is 21.2. The first-order valence-corrected chi connectivity index (χ1v) is 12.0. The van der Waals surface area contributed by atoms with Gasteiger partial charge in [-0.1, -0.05) is 11.8 Å². The van der Waals surface area contributed by atoms with Crippen LogP contribution in [0.5, 0.6) is 0 Å². The van der Waals surface area contributed by atoms with Gasteiger partial charge in [-0.2, -0.15) is 0 Å². The van der Waals surface area contributed by atoms with Crippen molar-refractivity contribution in [1.29, 1.82) is 0 Å². The van der Waals surface area contributed by atoms with Crippen molar-refractivity contribution >= 4 is 23.4 Å². The summed E-state index contributed by atoms with van der Waals surface area (Å²) >= 11 is 0. The normalized spacial score (nSPS) is 16.9. The summed E-state index contributed by atoms with van der Waals surface area (Å²) in [6, 6.07) is 12.9. The number of rotatable bonds is 8. The Morgan fingerprint density at radius 1 is 1.05 bits per heavy atom. The molecule has 0 aliphatic carbocycles.